The zero-order valence-electron chi connectivity index (χ0n) is 12.8. The van der Waals surface area contributed by atoms with Gasteiger partial charge in [0.05, 0.1) is 27.1 Å². The Morgan fingerprint density at radius 2 is 2.04 bits per heavy atom. The summed E-state index contributed by atoms with van der Waals surface area (Å²) in [5, 5.41) is 10.8. The maximum absolute atomic E-state index is 10.8. The molecule has 0 spiro atoms. The van der Waals surface area contributed by atoms with E-state index < -0.39 is 4.92 Å². The Hall–Kier alpha value is -2.71. The normalized spacial score (nSPS) is 11.0. The van der Waals surface area contributed by atoms with Gasteiger partial charge in [-0.2, -0.15) is 0 Å². The van der Waals surface area contributed by atoms with Crippen LogP contribution >= 0.6 is 23.1 Å². The summed E-state index contributed by atoms with van der Waals surface area (Å²) in [7, 11) is 0. The summed E-state index contributed by atoms with van der Waals surface area (Å²) < 4.78 is 7.40. The number of nitro benzene ring substituents is 1. The van der Waals surface area contributed by atoms with Gasteiger partial charge in [-0.3, -0.25) is 10.1 Å². The molecule has 4 rings (SSSR count). The quantitative estimate of drug-likeness (QED) is 0.275. The first-order valence-corrected chi connectivity index (χ1v) is 9.17. The molecule has 0 unspecified atom stereocenters. The third kappa shape index (κ3) is 3.40. The molecular weight excluding hydrogens is 358 g/mol. The van der Waals surface area contributed by atoms with Crippen LogP contribution in [0.3, 0.4) is 0 Å². The predicted octanol–water partition coefficient (Wildman–Crippen LogP) is 5.15. The van der Waals surface area contributed by atoms with Gasteiger partial charge in [0.15, 0.2) is 10.1 Å². The third-order valence-corrected chi connectivity index (χ3v) is 5.64. The second-order valence-corrected chi connectivity index (χ2v) is 7.41. The smallest absolute Gasteiger partial charge is 0.270 e. The number of non-ortho nitro benzene ring substituents is 1. The van der Waals surface area contributed by atoms with E-state index in [1.54, 1.807) is 18.3 Å². The van der Waals surface area contributed by atoms with Crippen LogP contribution in [0.2, 0.25) is 0 Å². The van der Waals surface area contributed by atoms with Gasteiger partial charge in [-0.15, -0.1) is 11.3 Å². The predicted molar refractivity (Wildman–Crippen MR) is 97.8 cm³/mol. The second kappa shape index (κ2) is 6.66. The summed E-state index contributed by atoms with van der Waals surface area (Å²) >= 11 is 2.93. The molecule has 0 aliphatic carbocycles. The lowest BCUT2D eigenvalue weighted by molar-refractivity contribution is -0.384. The largest absolute Gasteiger partial charge is 0.440 e. The van der Waals surface area contributed by atoms with Crippen molar-refractivity contribution in [2.75, 3.05) is 0 Å². The number of hydrogen-bond acceptors (Lipinski definition) is 7. The van der Waals surface area contributed by atoms with Gasteiger partial charge in [0, 0.05) is 17.7 Å². The Kier molecular flexibility index (Phi) is 4.21. The lowest BCUT2D eigenvalue weighted by Gasteiger charge is -1.95. The van der Waals surface area contributed by atoms with E-state index in [0.29, 0.717) is 11.6 Å². The van der Waals surface area contributed by atoms with Crippen molar-refractivity contribution in [2.24, 2.45) is 0 Å². The summed E-state index contributed by atoms with van der Waals surface area (Å²) in [5.74, 6) is 1.90. The molecule has 2 aromatic carbocycles. The van der Waals surface area contributed by atoms with Gasteiger partial charge in [-0.25, -0.2) is 9.97 Å². The molecule has 2 heterocycles. The van der Waals surface area contributed by atoms with E-state index >= 15 is 0 Å². The first-order chi connectivity index (χ1) is 12.2. The topological polar surface area (TPSA) is 82.1 Å². The van der Waals surface area contributed by atoms with Crippen molar-refractivity contribution in [3.05, 3.63) is 70.7 Å². The summed E-state index contributed by atoms with van der Waals surface area (Å²) in [6.45, 7) is 0. The van der Waals surface area contributed by atoms with Crippen LogP contribution in [0.25, 0.3) is 21.5 Å². The molecule has 0 bridgehead atoms. The molecule has 0 saturated heterocycles. The van der Waals surface area contributed by atoms with Crippen molar-refractivity contribution in [1.82, 2.24) is 9.97 Å². The minimum Gasteiger partial charge on any atom is -0.440 e. The van der Waals surface area contributed by atoms with Gasteiger partial charge in [-0.05, 0) is 6.07 Å². The molecule has 0 fully saturated rings. The molecule has 0 aliphatic rings. The van der Waals surface area contributed by atoms with Crippen molar-refractivity contribution in [2.45, 2.75) is 10.1 Å². The molecule has 4 aromatic rings. The molecule has 8 heteroatoms. The van der Waals surface area contributed by atoms with Crippen molar-refractivity contribution in [3.63, 3.8) is 0 Å². The molecule has 0 atom stereocenters. The van der Waals surface area contributed by atoms with Gasteiger partial charge < -0.3 is 4.42 Å². The van der Waals surface area contributed by atoms with E-state index in [-0.39, 0.29) is 5.69 Å². The third-order valence-electron chi connectivity index (χ3n) is 3.49. The molecule has 2 aromatic heterocycles. The maximum atomic E-state index is 10.8. The van der Waals surface area contributed by atoms with E-state index in [9.17, 15) is 10.1 Å². The number of oxazole rings is 1. The highest BCUT2D eigenvalue weighted by atomic mass is 32.2. The average molecular weight is 369 g/mol. The number of hydrogen-bond donors (Lipinski definition) is 0. The lowest BCUT2D eigenvalue weighted by atomic mass is 10.2. The van der Waals surface area contributed by atoms with Crippen molar-refractivity contribution in [3.8, 4) is 11.3 Å². The molecule has 0 radical (unpaired) electrons. The van der Waals surface area contributed by atoms with Gasteiger partial charge in [-0.1, -0.05) is 42.1 Å². The Balaban J connectivity index is 1.49. The van der Waals surface area contributed by atoms with Gasteiger partial charge in [0.1, 0.15) is 0 Å². The Morgan fingerprint density at radius 3 is 2.84 bits per heavy atom. The van der Waals surface area contributed by atoms with Crippen molar-refractivity contribution in [1.29, 1.82) is 0 Å². The maximum Gasteiger partial charge on any atom is 0.270 e. The summed E-state index contributed by atoms with van der Waals surface area (Å²) in [4.78, 5) is 19.2. The fourth-order valence-corrected chi connectivity index (χ4v) is 4.26. The Morgan fingerprint density at radius 1 is 1.20 bits per heavy atom. The number of aromatic nitrogens is 2. The lowest BCUT2D eigenvalue weighted by Crippen LogP contribution is -1.85. The van der Waals surface area contributed by atoms with Crippen LogP contribution in [-0.4, -0.2) is 14.9 Å². The van der Waals surface area contributed by atoms with Gasteiger partial charge in [0.25, 0.3) is 5.69 Å². The van der Waals surface area contributed by atoms with E-state index in [1.165, 1.54) is 29.2 Å². The first kappa shape index (κ1) is 15.8. The van der Waals surface area contributed by atoms with E-state index in [4.69, 9.17) is 4.42 Å². The number of nitrogens with zero attached hydrogens (tertiary/aromatic N) is 3. The van der Waals surface area contributed by atoms with Crippen LogP contribution in [0.1, 0.15) is 5.89 Å². The fraction of sp³-hybridized carbons (Fsp3) is 0.0588. The van der Waals surface area contributed by atoms with Crippen LogP contribution in [0.15, 0.2) is 63.5 Å². The zero-order valence-corrected chi connectivity index (χ0v) is 14.4. The van der Waals surface area contributed by atoms with E-state index in [0.717, 1.165) is 25.9 Å². The van der Waals surface area contributed by atoms with Crippen molar-refractivity contribution < 1.29 is 9.34 Å². The van der Waals surface area contributed by atoms with Crippen LogP contribution in [0.4, 0.5) is 5.69 Å². The molecular formula is C17H11N3O3S2. The van der Waals surface area contributed by atoms with Crippen LogP contribution in [-0.2, 0) is 5.75 Å². The second-order valence-electron chi connectivity index (χ2n) is 5.16. The van der Waals surface area contributed by atoms with E-state index in [1.807, 2.05) is 30.3 Å². The molecule has 0 saturated carbocycles. The van der Waals surface area contributed by atoms with Crippen LogP contribution < -0.4 is 0 Å². The minimum absolute atomic E-state index is 0.0768. The number of fused-ring (bicyclic) bond motifs is 1. The summed E-state index contributed by atoms with van der Waals surface area (Å²) in [6.07, 6.45) is 1.72. The highest BCUT2D eigenvalue weighted by Gasteiger charge is 2.12. The zero-order chi connectivity index (χ0) is 17.2. The Labute approximate surface area is 150 Å². The van der Waals surface area contributed by atoms with Crippen molar-refractivity contribution >= 4 is 39.0 Å². The standard InChI is InChI=1S/C17H11N3O3S2/c21-20(22)12-6-7-13-15(8-12)25-17(19-13)24-10-16-18-9-14(23-16)11-4-2-1-3-5-11/h1-9H,10H2. The number of nitro groups is 1. The number of rotatable bonds is 5. The minimum atomic E-state index is -0.399. The van der Waals surface area contributed by atoms with Crippen LogP contribution in [0, 0.1) is 10.1 Å². The summed E-state index contributed by atoms with van der Waals surface area (Å²) in [5.41, 5.74) is 1.82. The molecule has 6 nitrogen and oxygen atoms in total. The highest BCUT2D eigenvalue weighted by Crippen LogP contribution is 2.33. The Bertz CT molecular complexity index is 1040. The average Bonchev–Trinajstić information content (AvgIpc) is 3.26. The number of thioether (sulfide) groups is 1. The number of benzene rings is 2. The first-order valence-electron chi connectivity index (χ1n) is 7.37. The van der Waals surface area contributed by atoms with E-state index in [2.05, 4.69) is 9.97 Å². The molecule has 25 heavy (non-hydrogen) atoms. The number of thiazole rings is 1. The monoisotopic (exact) mass is 369 g/mol. The molecule has 124 valence electrons. The van der Waals surface area contributed by atoms with Gasteiger partial charge >= 0.3 is 0 Å². The molecule has 0 N–H and O–H groups in total. The SMILES string of the molecule is O=[N+]([O-])c1ccc2nc(SCc3ncc(-c4ccccc4)o3)sc2c1. The highest BCUT2D eigenvalue weighted by molar-refractivity contribution is 8.00. The van der Waals surface area contributed by atoms with Crippen LogP contribution in [0.5, 0.6) is 0 Å². The molecule has 0 amide bonds. The fourth-order valence-electron chi connectivity index (χ4n) is 2.30. The van der Waals surface area contributed by atoms with Gasteiger partial charge in [0.2, 0.25) is 5.89 Å². The molecule has 0 aliphatic heterocycles. The summed E-state index contributed by atoms with van der Waals surface area (Å²) in [6, 6.07) is 14.5.